The van der Waals surface area contributed by atoms with Gasteiger partial charge in [0.05, 0.1) is 13.4 Å². The van der Waals surface area contributed by atoms with Gasteiger partial charge in [-0.3, -0.25) is 10.2 Å². The fourth-order valence-electron chi connectivity index (χ4n) is 2.43. The molecule has 0 aromatic rings. The van der Waals surface area contributed by atoms with Crippen molar-refractivity contribution in [3.05, 3.63) is 0 Å². The zero-order valence-corrected chi connectivity index (χ0v) is 15.9. The van der Waals surface area contributed by atoms with Crippen LogP contribution in [-0.2, 0) is 24.3 Å². The van der Waals surface area contributed by atoms with Crippen LogP contribution in [0.5, 0.6) is 0 Å². The second kappa shape index (κ2) is 7.24. The van der Waals surface area contributed by atoms with Gasteiger partial charge in [0.15, 0.2) is 5.66 Å². The number of alkyl carbamates (subject to hydrolysis) is 1. The monoisotopic (exact) mass is 365 g/mol. The van der Waals surface area contributed by atoms with E-state index >= 15 is 0 Å². The van der Waals surface area contributed by atoms with Gasteiger partial charge in [0.1, 0.15) is 5.60 Å². The van der Waals surface area contributed by atoms with Crippen LogP contribution in [0.1, 0.15) is 27.7 Å². The maximum Gasteiger partial charge on any atom is 0.409 e. The highest BCUT2D eigenvalue weighted by Gasteiger charge is 2.45. The van der Waals surface area contributed by atoms with Crippen LogP contribution >= 0.6 is 0 Å². The van der Waals surface area contributed by atoms with Gasteiger partial charge < -0.3 is 9.47 Å². The van der Waals surface area contributed by atoms with Gasteiger partial charge in [0.2, 0.25) is 10.0 Å². The Kier molecular flexibility index (Phi) is 6.23. The summed E-state index contributed by atoms with van der Waals surface area (Å²) < 4.78 is 34.5. The smallest absolute Gasteiger partial charge is 0.409 e. The van der Waals surface area contributed by atoms with Gasteiger partial charge in [-0.1, -0.05) is 0 Å². The van der Waals surface area contributed by atoms with E-state index in [-0.39, 0.29) is 26.2 Å². The van der Waals surface area contributed by atoms with Crippen LogP contribution in [0.4, 0.5) is 4.79 Å². The number of piperazine rings is 1. The normalized spacial score (nSPS) is 20.1. The van der Waals surface area contributed by atoms with E-state index in [1.54, 1.807) is 25.7 Å². The van der Waals surface area contributed by atoms with Crippen molar-refractivity contribution in [2.45, 2.75) is 39.0 Å². The first-order valence-corrected chi connectivity index (χ1v) is 9.44. The minimum atomic E-state index is -3.29. The quantitative estimate of drug-likeness (QED) is 0.698. The molecule has 0 aromatic heterocycles. The zero-order valence-electron chi connectivity index (χ0n) is 15.1. The number of ether oxygens (including phenoxy) is 2. The molecule has 1 amide bonds. The van der Waals surface area contributed by atoms with E-state index in [4.69, 9.17) is 9.47 Å². The molecule has 1 aliphatic rings. The molecular formula is C14H27N3O6S. The number of amides is 1. The predicted molar refractivity (Wildman–Crippen MR) is 87.8 cm³/mol. The largest absolute Gasteiger partial charge is 0.466 e. The summed E-state index contributed by atoms with van der Waals surface area (Å²) in [6.45, 7) is 7.65. The molecule has 0 bridgehead atoms. The summed E-state index contributed by atoms with van der Waals surface area (Å²) in [4.78, 5) is 26.0. The minimum absolute atomic E-state index is 0.224. The number of nitrogens with zero attached hydrogens (tertiary/aromatic N) is 2. The van der Waals surface area contributed by atoms with E-state index in [0.29, 0.717) is 0 Å². The molecule has 1 heterocycles. The molecule has 1 N–H and O–H groups in total. The van der Waals surface area contributed by atoms with Crippen molar-refractivity contribution in [1.29, 1.82) is 0 Å². The summed E-state index contributed by atoms with van der Waals surface area (Å²) in [7, 11) is -2.06. The van der Waals surface area contributed by atoms with E-state index in [2.05, 4.69) is 5.32 Å². The molecule has 1 atom stereocenters. The Hall–Kier alpha value is -1.39. The molecule has 1 unspecified atom stereocenters. The van der Waals surface area contributed by atoms with Gasteiger partial charge in [-0.15, -0.1) is 0 Å². The van der Waals surface area contributed by atoms with E-state index in [1.807, 2.05) is 0 Å². The predicted octanol–water partition coefficient (Wildman–Crippen LogP) is -0.0225. The van der Waals surface area contributed by atoms with Crippen LogP contribution in [0.2, 0.25) is 0 Å². The number of esters is 1. The number of nitrogens with one attached hydrogen (secondary N) is 1. The molecule has 0 aliphatic carbocycles. The number of rotatable bonds is 4. The van der Waals surface area contributed by atoms with Gasteiger partial charge in [0, 0.05) is 26.2 Å². The number of hydrogen-bond acceptors (Lipinski definition) is 7. The number of carbonyl (C=O) groups excluding carboxylic acids is 2. The molecule has 140 valence electrons. The summed E-state index contributed by atoms with van der Waals surface area (Å²) >= 11 is 0. The summed E-state index contributed by atoms with van der Waals surface area (Å²) in [6, 6.07) is 0. The standard InChI is InChI=1S/C14H27N3O6S/c1-13(2,3)23-12(19)15-14(4,11(18)22-5)16-7-9-17(10-8-16)24(6,20)21/h7-10H2,1-6H3,(H,15,19). The van der Waals surface area contributed by atoms with Crippen molar-refractivity contribution in [3.8, 4) is 0 Å². The highest BCUT2D eigenvalue weighted by molar-refractivity contribution is 7.88. The van der Waals surface area contributed by atoms with E-state index in [9.17, 15) is 18.0 Å². The van der Waals surface area contributed by atoms with Crippen LogP contribution in [0.3, 0.4) is 0 Å². The molecule has 10 heteroatoms. The molecule has 24 heavy (non-hydrogen) atoms. The maximum absolute atomic E-state index is 12.2. The lowest BCUT2D eigenvalue weighted by atomic mass is 10.1. The first-order valence-electron chi connectivity index (χ1n) is 7.59. The van der Waals surface area contributed by atoms with Gasteiger partial charge in [0.25, 0.3) is 0 Å². The second-order valence-electron chi connectivity index (χ2n) is 6.84. The highest BCUT2D eigenvalue weighted by Crippen LogP contribution is 2.19. The molecule has 1 saturated heterocycles. The first kappa shape index (κ1) is 20.7. The minimum Gasteiger partial charge on any atom is -0.466 e. The highest BCUT2D eigenvalue weighted by atomic mass is 32.2. The van der Waals surface area contributed by atoms with Crippen molar-refractivity contribution in [2.75, 3.05) is 39.5 Å². The van der Waals surface area contributed by atoms with E-state index in [0.717, 1.165) is 6.26 Å². The van der Waals surface area contributed by atoms with Crippen molar-refractivity contribution in [1.82, 2.24) is 14.5 Å². The fourth-order valence-corrected chi connectivity index (χ4v) is 3.25. The lowest BCUT2D eigenvalue weighted by Crippen LogP contribution is -2.68. The Balaban J connectivity index is 2.90. The van der Waals surface area contributed by atoms with Crippen LogP contribution in [-0.4, -0.2) is 80.5 Å². The third kappa shape index (κ3) is 5.32. The van der Waals surface area contributed by atoms with Crippen LogP contribution in [0, 0.1) is 0 Å². The Morgan fingerprint density at radius 1 is 1.04 bits per heavy atom. The Labute approximate surface area is 143 Å². The summed E-state index contributed by atoms with van der Waals surface area (Å²) in [5, 5.41) is 2.55. The first-order chi connectivity index (χ1) is 10.8. The lowest BCUT2D eigenvalue weighted by molar-refractivity contribution is -0.157. The van der Waals surface area contributed by atoms with Crippen LogP contribution in [0.25, 0.3) is 0 Å². The van der Waals surface area contributed by atoms with Crippen molar-refractivity contribution in [2.24, 2.45) is 0 Å². The molecule has 1 fully saturated rings. The third-order valence-corrected chi connectivity index (χ3v) is 4.97. The summed E-state index contributed by atoms with van der Waals surface area (Å²) in [5.74, 6) is -0.652. The Morgan fingerprint density at radius 2 is 1.54 bits per heavy atom. The van der Waals surface area contributed by atoms with Gasteiger partial charge in [-0.25, -0.2) is 18.0 Å². The van der Waals surface area contributed by atoms with E-state index < -0.39 is 33.3 Å². The Morgan fingerprint density at radius 3 is 1.92 bits per heavy atom. The average Bonchev–Trinajstić information content (AvgIpc) is 2.43. The molecular weight excluding hydrogens is 338 g/mol. The molecule has 0 saturated carbocycles. The molecule has 1 rings (SSSR count). The van der Waals surface area contributed by atoms with Crippen molar-refractivity contribution in [3.63, 3.8) is 0 Å². The molecule has 0 radical (unpaired) electrons. The van der Waals surface area contributed by atoms with Gasteiger partial charge in [-0.2, -0.15) is 4.31 Å². The van der Waals surface area contributed by atoms with Crippen LogP contribution < -0.4 is 5.32 Å². The molecule has 0 aromatic carbocycles. The maximum atomic E-state index is 12.2. The van der Waals surface area contributed by atoms with Crippen molar-refractivity contribution >= 4 is 22.1 Å². The zero-order chi connectivity index (χ0) is 18.8. The second-order valence-corrected chi connectivity index (χ2v) is 8.82. The summed E-state index contributed by atoms with van der Waals surface area (Å²) in [6.07, 6.45) is 0.391. The number of methoxy groups -OCH3 is 1. The topological polar surface area (TPSA) is 105 Å². The number of hydrogen-bond donors (Lipinski definition) is 1. The summed E-state index contributed by atoms with van der Waals surface area (Å²) in [5.41, 5.74) is -2.16. The number of carbonyl (C=O) groups is 2. The van der Waals surface area contributed by atoms with Crippen LogP contribution in [0.15, 0.2) is 0 Å². The van der Waals surface area contributed by atoms with Gasteiger partial charge >= 0.3 is 12.1 Å². The molecule has 9 nitrogen and oxygen atoms in total. The van der Waals surface area contributed by atoms with Gasteiger partial charge in [-0.05, 0) is 27.7 Å². The average molecular weight is 365 g/mol. The van der Waals surface area contributed by atoms with E-state index in [1.165, 1.54) is 18.3 Å². The third-order valence-electron chi connectivity index (χ3n) is 3.67. The lowest BCUT2D eigenvalue weighted by Gasteiger charge is -2.43. The molecule has 0 spiro atoms. The number of sulfonamides is 1. The fraction of sp³-hybridized carbons (Fsp3) is 0.857. The Bertz CT molecular complexity index is 578. The SMILES string of the molecule is COC(=O)C(C)(NC(=O)OC(C)(C)C)N1CCN(S(C)(=O)=O)CC1. The van der Waals surface area contributed by atoms with Crippen molar-refractivity contribution < 1.29 is 27.5 Å². The molecule has 1 aliphatic heterocycles.